The largest absolute Gasteiger partial charge is 0.428 e. The topological polar surface area (TPSA) is 197 Å². The Kier molecular flexibility index (Phi) is 19.0. The fourth-order valence-electron chi connectivity index (χ4n) is 2.29. The molecule has 0 aliphatic carbocycles. The van der Waals surface area contributed by atoms with E-state index in [-0.39, 0.29) is 44.6 Å². The number of hydrogen-bond acceptors (Lipinski definition) is 13. The van der Waals surface area contributed by atoms with E-state index in [1.165, 1.54) is 4.90 Å². The standard InChI is InChI=1S/C24H42N4O12/c1-16(2)19(29)35-13-38-22(32)26-8-7-25-9-11-28(24(34)40-15-37-21(31)18(5)6)12-10-27-23(33)39-14-36-20(30)17(3)4/h16-18,25H,7-15H2,1-6H3,(H,26,32)(H,27,33). The zero-order valence-corrected chi connectivity index (χ0v) is 23.9. The Bertz CT molecular complexity index is 820. The summed E-state index contributed by atoms with van der Waals surface area (Å²) < 4.78 is 28.8. The van der Waals surface area contributed by atoms with Crippen molar-refractivity contribution < 1.29 is 57.2 Å². The van der Waals surface area contributed by atoms with Gasteiger partial charge in [0.2, 0.25) is 20.4 Å². The average molecular weight is 579 g/mol. The van der Waals surface area contributed by atoms with E-state index in [1.54, 1.807) is 41.5 Å². The summed E-state index contributed by atoms with van der Waals surface area (Å²) in [6.07, 6.45) is -2.42. The molecule has 0 rings (SSSR count). The third kappa shape index (κ3) is 18.4. The molecule has 0 atom stereocenters. The number of carbonyl (C=O) groups excluding carboxylic acids is 6. The minimum atomic E-state index is -0.856. The molecular formula is C24H42N4O12. The quantitative estimate of drug-likeness (QED) is 0.0900. The Morgan fingerprint density at radius 1 is 0.525 bits per heavy atom. The minimum Gasteiger partial charge on any atom is -0.428 e. The van der Waals surface area contributed by atoms with Crippen molar-refractivity contribution in [3.8, 4) is 0 Å². The Morgan fingerprint density at radius 3 is 1.38 bits per heavy atom. The number of alkyl carbamates (subject to hydrolysis) is 2. The maximum Gasteiger partial charge on any atom is 0.412 e. The van der Waals surface area contributed by atoms with Crippen LogP contribution < -0.4 is 16.0 Å². The summed E-state index contributed by atoms with van der Waals surface area (Å²) in [5.74, 6) is -2.65. The molecule has 0 unspecified atom stereocenters. The van der Waals surface area contributed by atoms with Gasteiger partial charge >= 0.3 is 36.2 Å². The Labute approximate surface area is 233 Å². The number of nitrogens with one attached hydrogen (secondary N) is 3. The van der Waals surface area contributed by atoms with E-state index < -0.39 is 62.5 Å². The molecule has 0 aromatic carbocycles. The van der Waals surface area contributed by atoms with Gasteiger partial charge < -0.3 is 49.3 Å². The van der Waals surface area contributed by atoms with Gasteiger partial charge in [-0.3, -0.25) is 14.4 Å². The van der Waals surface area contributed by atoms with E-state index >= 15 is 0 Å². The summed E-state index contributed by atoms with van der Waals surface area (Å²) in [6.45, 7) is 9.11. The van der Waals surface area contributed by atoms with Gasteiger partial charge in [0.25, 0.3) is 0 Å². The molecule has 0 aliphatic rings. The smallest absolute Gasteiger partial charge is 0.412 e. The van der Waals surface area contributed by atoms with Gasteiger partial charge in [-0.05, 0) is 0 Å². The highest BCUT2D eigenvalue weighted by Gasteiger charge is 2.17. The highest BCUT2D eigenvalue weighted by atomic mass is 16.7. The van der Waals surface area contributed by atoms with Crippen molar-refractivity contribution >= 4 is 36.2 Å². The highest BCUT2D eigenvalue weighted by molar-refractivity contribution is 5.73. The third-order valence-corrected chi connectivity index (χ3v) is 4.62. The Morgan fingerprint density at radius 2 is 0.925 bits per heavy atom. The van der Waals surface area contributed by atoms with Gasteiger partial charge in [-0.25, -0.2) is 14.4 Å². The average Bonchev–Trinajstić information content (AvgIpc) is 2.88. The molecule has 0 saturated heterocycles. The summed E-state index contributed by atoms with van der Waals surface area (Å²) in [5.41, 5.74) is 0. The molecule has 3 N–H and O–H groups in total. The van der Waals surface area contributed by atoms with Crippen LogP contribution in [0.5, 0.6) is 0 Å². The second kappa shape index (κ2) is 21.1. The monoisotopic (exact) mass is 578 g/mol. The van der Waals surface area contributed by atoms with E-state index in [9.17, 15) is 28.8 Å². The molecule has 0 radical (unpaired) electrons. The van der Waals surface area contributed by atoms with Crippen LogP contribution in [0.25, 0.3) is 0 Å². The van der Waals surface area contributed by atoms with Crippen molar-refractivity contribution in [2.24, 2.45) is 17.8 Å². The highest BCUT2D eigenvalue weighted by Crippen LogP contribution is 1.99. The Balaban J connectivity index is 4.47. The number of nitrogens with zero attached hydrogens (tertiary/aromatic N) is 1. The second-order valence-electron chi connectivity index (χ2n) is 9.07. The Hall–Kier alpha value is -3.82. The van der Waals surface area contributed by atoms with Crippen LogP contribution in [0.3, 0.4) is 0 Å². The van der Waals surface area contributed by atoms with Crippen LogP contribution in [0.15, 0.2) is 0 Å². The summed E-state index contributed by atoms with van der Waals surface area (Å²) >= 11 is 0. The van der Waals surface area contributed by atoms with Gasteiger partial charge in [0.05, 0.1) is 17.8 Å². The van der Waals surface area contributed by atoms with Crippen molar-refractivity contribution in [3.05, 3.63) is 0 Å². The molecule has 16 heteroatoms. The number of amides is 3. The van der Waals surface area contributed by atoms with Crippen LogP contribution in [-0.2, 0) is 42.8 Å². The zero-order chi connectivity index (χ0) is 30.5. The lowest BCUT2D eigenvalue weighted by atomic mass is 10.2. The van der Waals surface area contributed by atoms with E-state index in [0.29, 0.717) is 6.54 Å². The first kappa shape index (κ1) is 36.2. The molecule has 0 saturated carbocycles. The van der Waals surface area contributed by atoms with Crippen LogP contribution in [0.1, 0.15) is 41.5 Å². The summed E-state index contributed by atoms with van der Waals surface area (Å²) in [5, 5.41) is 7.87. The molecule has 0 aliphatic heterocycles. The van der Waals surface area contributed by atoms with E-state index in [0.717, 1.165) is 0 Å². The van der Waals surface area contributed by atoms with Crippen LogP contribution >= 0.6 is 0 Å². The fourth-order valence-corrected chi connectivity index (χ4v) is 2.29. The third-order valence-electron chi connectivity index (χ3n) is 4.62. The number of carbonyl (C=O) groups is 6. The first-order valence-corrected chi connectivity index (χ1v) is 12.8. The predicted octanol–water partition coefficient (Wildman–Crippen LogP) is 0.937. The maximum absolute atomic E-state index is 12.5. The lowest BCUT2D eigenvalue weighted by molar-refractivity contribution is -0.157. The lowest BCUT2D eigenvalue weighted by Gasteiger charge is -2.22. The maximum atomic E-state index is 12.5. The molecule has 40 heavy (non-hydrogen) atoms. The van der Waals surface area contributed by atoms with Gasteiger partial charge in [0.15, 0.2) is 0 Å². The van der Waals surface area contributed by atoms with Crippen LogP contribution in [-0.4, -0.2) is 101 Å². The number of esters is 3. The van der Waals surface area contributed by atoms with Gasteiger partial charge in [-0.15, -0.1) is 0 Å². The van der Waals surface area contributed by atoms with Crippen LogP contribution in [0.2, 0.25) is 0 Å². The normalized spacial score (nSPS) is 10.5. The molecule has 3 amide bonds. The molecule has 230 valence electrons. The van der Waals surface area contributed by atoms with Gasteiger partial charge in [-0.2, -0.15) is 0 Å². The van der Waals surface area contributed by atoms with Crippen LogP contribution in [0, 0.1) is 17.8 Å². The SMILES string of the molecule is CC(C)C(=O)OCOC(=O)NCCNCCN(CCNC(=O)OCOC(=O)C(C)C)C(=O)OCOC(=O)C(C)C. The zero-order valence-electron chi connectivity index (χ0n) is 23.9. The second-order valence-corrected chi connectivity index (χ2v) is 9.07. The number of hydrogen-bond donors (Lipinski definition) is 3. The van der Waals surface area contributed by atoms with Crippen molar-refractivity contribution in [1.82, 2.24) is 20.9 Å². The summed E-state index contributed by atoms with van der Waals surface area (Å²) in [6, 6.07) is 0. The lowest BCUT2D eigenvalue weighted by Crippen LogP contribution is -2.43. The summed E-state index contributed by atoms with van der Waals surface area (Å²) in [4.78, 5) is 71.3. The van der Waals surface area contributed by atoms with Crippen molar-refractivity contribution in [2.75, 3.05) is 59.6 Å². The molecule has 0 fully saturated rings. The van der Waals surface area contributed by atoms with Crippen molar-refractivity contribution in [2.45, 2.75) is 41.5 Å². The van der Waals surface area contributed by atoms with Gasteiger partial charge in [0, 0.05) is 39.3 Å². The van der Waals surface area contributed by atoms with Crippen molar-refractivity contribution in [1.29, 1.82) is 0 Å². The molecule has 0 aromatic rings. The first-order valence-electron chi connectivity index (χ1n) is 12.8. The molecule has 0 aromatic heterocycles. The molecule has 0 bridgehead atoms. The minimum absolute atomic E-state index is 0.0131. The predicted molar refractivity (Wildman–Crippen MR) is 137 cm³/mol. The van der Waals surface area contributed by atoms with E-state index in [4.69, 9.17) is 28.4 Å². The molecule has 16 nitrogen and oxygen atoms in total. The van der Waals surface area contributed by atoms with E-state index in [1.807, 2.05) is 0 Å². The first-order chi connectivity index (χ1) is 18.8. The number of ether oxygens (including phenoxy) is 6. The summed E-state index contributed by atoms with van der Waals surface area (Å²) in [7, 11) is 0. The molecular weight excluding hydrogens is 536 g/mol. The molecule has 0 heterocycles. The van der Waals surface area contributed by atoms with Gasteiger partial charge in [-0.1, -0.05) is 41.5 Å². The van der Waals surface area contributed by atoms with Gasteiger partial charge in [0.1, 0.15) is 0 Å². The number of rotatable bonds is 18. The van der Waals surface area contributed by atoms with E-state index in [2.05, 4.69) is 16.0 Å². The fraction of sp³-hybridized carbons (Fsp3) is 0.750. The van der Waals surface area contributed by atoms with Crippen LogP contribution in [0.4, 0.5) is 14.4 Å². The molecule has 0 spiro atoms. The van der Waals surface area contributed by atoms with Crippen molar-refractivity contribution in [3.63, 3.8) is 0 Å².